The molecule has 3 aromatic carbocycles. The minimum atomic E-state index is -0.0635. The summed E-state index contributed by atoms with van der Waals surface area (Å²) in [5, 5.41) is 10.5. The second-order valence-corrected chi connectivity index (χ2v) is 9.51. The summed E-state index contributed by atoms with van der Waals surface area (Å²) in [6.07, 6.45) is 4.52. The first kappa shape index (κ1) is 24.2. The molecule has 0 radical (unpaired) electrons. The second-order valence-electron chi connectivity index (χ2n) is 8.74. The van der Waals surface area contributed by atoms with E-state index >= 15 is 0 Å². The number of benzene rings is 3. The number of aromatic nitrogens is 4. The first-order chi connectivity index (χ1) is 17.7. The van der Waals surface area contributed by atoms with Crippen molar-refractivity contribution < 1.29 is 25.5 Å². The average Bonchev–Trinajstić information content (AvgIpc) is 3.52. The zero-order valence-electron chi connectivity index (χ0n) is 20.4. The van der Waals surface area contributed by atoms with Crippen LogP contribution < -0.4 is 9.47 Å². The van der Waals surface area contributed by atoms with Gasteiger partial charge >= 0.3 is 220 Å². The van der Waals surface area contributed by atoms with E-state index in [9.17, 15) is 0 Å². The van der Waals surface area contributed by atoms with Crippen LogP contribution in [0.5, 0.6) is 11.5 Å². The number of hydrogen-bond donors (Lipinski definition) is 1. The molecular formula is C29H29FeN4O2. The van der Waals surface area contributed by atoms with Crippen molar-refractivity contribution in [3.63, 3.8) is 0 Å². The molecule has 0 aliphatic rings. The standard InChI is InChI=1S/C29H29N4O2.Fe/c1-34-24-15-13-23(27(18-24)35-2)20-33-28(16-12-21-8-4-3-5-9-21)31-32-29(33)17-14-22-19-30-26-11-7-6-10-25(22)26;/h3-11,13,15,17-19,30H,12,14,16,20H2,1-2H3;. The molecule has 0 bridgehead atoms. The molecule has 0 saturated heterocycles. The summed E-state index contributed by atoms with van der Waals surface area (Å²) in [4.78, 5) is 3.31. The third-order valence-electron chi connectivity index (χ3n) is 6.50. The number of ether oxygens (including phenoxy) is 2. The van der Waals surface area contributed by atoms with Crippen molar-refractivity contribution in [1.82, 2.24) is 19.7 Å². The van der Waals surface area contributed by atoms with Crippen molar-refractivity contribution in [2.24, 2.45) is 0 Å². The molecule has 185 valence electrons. The molecule has 0 amide bonds. The number of fused-ring (bicyclic) bond motifs is 1. The second kappa shape index (κ2) is 11.0. The summed E-state index contributed by atoms with van der Waals surface area (Å²) in [6, 6.07) is 24.7. The molecule has 36 heavy (non-hydrogen) atoms. The monoisotopic (exact) mass is 521 g/mol. The van der Waals surface area contributed by atoms with Crippen LogP contribution in [0.4, 0.5) is 0 Å². The fraction of sp³-hybridized carbons (Fsp3) is 0.241. The molecule has 0 aliphatic carbocycles. The molecule has 1 atom stereocenters. The summed E-state index contributed by atoms with van der Waals surface area (Å²) in [5.74, 6) is 3.36. The van der Waals surface area contributed by atoms with Crippen LogP contribution in [0.15, 0.2) is 79.0 Å². The number of rotatable bonds is 10. The van der Waals surface area contributed by atoms with Gasteiger partial charge in [-0.05, 0) is 0 Å². The van der Waals surface area contributed by atoms with Gasteiger partial charge in [-0.15, -0.1) is 0 Å². The van der Waals surface area contributed by atoms with Crippen LogP contribution in [0.2, 0.25) is 0 Å². The van der Waals surface area contributed by atoms with Gasteiger partial charge in [0.2, 0.25) is 0 Å². The molecular weight excluding hydrogens is 492 g/mol. The number of nitrogens with zero attached hydrogens (tertiary/aromatic N) is 3. The van der Waals surface area contributed by atoms with Gasteiger partial charge in [0, 0.05) is 0 Å². The van der Waals surface area contributed by atoms with E-state index in [1.807, 2.05) is 30.3 Å². The predicted octanol–water partition coefficient (Wildman–Crippen LogP) is 5.44. The van der Waals surface area contributed by atoms with Gasteiger partial charge in [-0.1, -0.05) is 0 Å². The van der Waals surface area contributed by atoms with Gasteiger partial charge in [0.25, 0.3) is 0 Å². The summed E-state index contributed by atoms with van der Waals surface area (Å²) >= 11 is 4.51. The molecule has 0 fully saturated rings. The normalized spacial score (nSPS) is 12.1. The molecule has 6 nitrogen and oxygen atoms in total. The summed E-state index contributed by atoms with van der Waals surface area (Å²) in [6.45, 7) is 0.597. The van der Waals surface area contributed by atoms with Gasteiger partial charge in [-0.25, -0.2) is 0 Å². The minimum absolute atomic E-state index is 0.0635. The SMILES string of the molecule is COc1ccc(Cn2c(CCc3ccccc3)nnc2[CH]([Fe])Cc2c[nH]c3ccccc23)c(OC)c1. The Morgan fingerprint density at radius 3 is 2.50 bits per heavy atom. The third kappa shape index (κ3) is 5.18. The summed E-state index contributed by atoms with van der Waals surface area (Å²) in [5.41, 5.74) is 4.68. The number of methoxy groups -OCH3 is 2. The average molecular weight is 521 g/mol. The predicted molar refractivity (Wildman–Crippen MR) is 137 cm³/mol. The number of aromatic amines is 1. The van der Waals surface area contributed by atoms with Crippen LogP contribution in [0, 0.1) is 0 Å². The summed E-state index contributed by atoms with van der Waals surface area (Å²) in [7, 11) is 3.34. The topological polar surface area (TPSA) is 65.0 Å². The first-order valence-electron chi connectivity index (χ1n) is 12.0. The van der Waals surface area contributed by atoms with Gasteiger partial charge in [0.05, 0.1) is 0 Å². The fourth-order valence-electron chi connectivity index (χ4n) is 4.57. The van der Waals surface area contributed by atoms with Gasteiger partial charge in [0.1, 0.15) is 0 Å². The van der Waals surface area contributed by atoms with Crippen molar-refractivity contribution in [2.45, 2.75) is 30.6 Å². The molecule has 2 heterocycles. The van der Waals surface area contributed by atoms with E-state index in [4.69, 9.17) is 9.47 Å². The Kier molecular flexibility index (Phi) is 7.40. The molecule has 5 rings (SSSR count). The molecule has 2 aromatic heterocycles. The van der Waals surface area contributed by atoms with Crippen LogP contribution >= 0.6 is 0 Å². The van der Waals surface area contributed by atoms with E-state index in [1.165, 1.54) is 16.5 Å². The van der Waals surface area contributed by atoms with E-state index in [2.05, 4.69) is 84.4 Å². The van der Waals surface area contributed by atoms with Crippen LogP contribution in [-0.2, 0) is 41.8 Å². The van der Waals surface area contributed by atoms with E-state index in [0.717, 1.165) is 53.5 Å². The Labute approximate surface area is 219 Å². The fourth-order valence-corrected chi connectivity index (χ4v) is 5.04. The van der Waals surface area contributed by atoms with Crippen molar-refractivity contribution in [1.29, 1.82) is 0 Å². The van der Waals surface area contributed by atoms with E-state index in [1.54, 1.807) is 14.2 Å². The number of H-pyrrole nitrogens is 1. The molecule has 0 saturated carbocycles. The number of hydrogen-bond acceptors (Lipinski definition) is 4. The molecule has 5 aromatic rings. The van der Waals surface area contributed by atoms with Crippen molar-refractivity contribution in [3.05, 3.63) is 107 Å². The zero-order valence-corrected chi connectivity index (χ0v) is 21.5. The summed E-state index contributed by atoms with van der Waals surface area (Å²) < 4.78 is 13.3. The van der Waals surface area contributed by atoms with Crippen molar-refractivity contribution in [2.75, 3.05) is 14.2 Å². The molecule has 0 aliphatic heterocycles. The van der Waals surface area contributed by atoms with E-state index < -0.39 is 0 Å². The van der Waals surface area contributed by atoms with E-state index in [0.29, 0.717) is 6.54 Å². The Morgan fingerprint density at radius 2 is 1.69 bits per heavy atom. The zero-order chi connectivity index (χ0) is 24.9. The van der Waals surface area contributed by atoms with Crippen molar-refractivity contribution in [3.8, 4) is 11.5 Å². The van der Waals surface area contributed by atoms with Crippen LogP contribution in [0.1, 0.15) is 33.2 Å². The van der Waals surface area contributed by atoms with Gasteiger partial charge in [0.15, 0.2) is 0 Å². The molecule has 7 heteroatoms. The van der Waals surface area contributed by atoms with Gasteiger partial charge in [-0.2, -0.15) is 0 Å². The number of aryl methyl sites for hydroxylation is 2. The van der Waals surface area contributed by atoms with Gasteiger partial charge in [-0.3, -0.25) is 0 Å². The van der Waals surface area contributed by atoms with Gasteiger partial charge < -0.3 is 0 Å². The number of nitrogens with one attached hydrogen (secondary N) is 1. The van der Waals surface area contributed by atoms with E-state index in [-0.39, 0.29) is 4.82 Å². The van der Waals surface area contributed by atoms with Crippen LogP contribution in [0.3, 0.4) is 0 Å². The Balaban J connectivity index is 1.47. The quantitative estimate of drug-likeness (QED) is 0.249. The Bertz CT molecular complexity index is 1440. The molecule has 1 N–H and O–H groups in total. The maximum atomic E-state index is 5.69. The number of para-hydroxylation sites is 1. The molecule has 1 unspecified atom stereocenters. The van der Waals surface area contributed by atoms with Crippen LogP contribution in [-0.4, -0.2) is 34.0 Å². The first-order valence-corrected chi connectivity index (χ1v) is 12.6. The van der Waals surface area contributed by atoms with Crippen molar-refractivity contribution >= 4 is 10.9 Å². The van der Waals surface area contributed by atoms with Crippen LogP contribution in [0.25, 0.3) is 10.9 Å². The Hall–Kier alpha value is -3.54. The molecule has 0 spiro atoms. The maximum absolute atomic E-state index is 5.69. The third-order valence-corrected chi connectivity index (χ3v) is 7.01. The Morgan fingerprint density at radius 1 is 0.889 bits per heavy atom.